The van der Waals surface area contributed by atoms with Gasteiger partial charge in [0.15, 0.2) is 0 Å². The van der Waals surface area contributed by atoms with Crippen LogP contribution in [0.15, 0.2) is 30.0 Å². The molecule has 0 saturated carbocycles. The highest BCUT2D eigenvalue weighted by molar-refractivity contribution is 6.35. The average molecular weight is 401 g/mol. The largest absolute Gasteiger partial charge is 0.383 e. The number of methoxy groups -OCH3 is 1. The molecule has 3 rings (SSSR count). The molecule has 8 heteroatoms. The monoisotopic (exact) mass is 401 g/mol. The first kappa shape index (κ1) is 21.0. The van der Waals surface area contributed by atoms with E-state index in [0.717, 1.165) is 0 Å². The summed E-state index contributed by atoms with van der Waals surface area (Å²) in [5.74, 6) is -0.817. The van der Waals surface area contributed by atoms with Crippen LogP contribution in [0.3, 0.4) is 0 Å². The standard InChI is InChI=1S/C21H27N3O5/c1-13-11-23(12-14(2)29-13)19-18(20(26)24(21(19)27)9-10-28-4)16-5-7-17(8-6-16)22-15(3)25/h5-8,13-14H,9-12H2,1-4H3,(H,22,25). The van der Waals surface area contributed by atoms with Gasteiger partial charge in [0.2, 0.25) is 5.91 Å². The summed E-state index contributed by atoms with van der Waals surface area (Å²) in [7, 11) is 1.53. The van der Waals surface area contributed by atoms with Crippen molar-refractivity contribution in [2.24, 2.45) is 0 Å². The highest BCUT2D eigenvalue weighted by Gasteiger charge is 2.42. The maximum Gasteiger partial charge on any atom is 0.277 e. The number of carbonyl (C=O) groups is 3. The Hall–Kier alpha value is -2.71. The molecule has 1 fully saturated rings. The molecule has 1 aromatic rings. The van der Waals surface area contributed by atoms with Gasteiger partial charge in [0.25, 0.3) is 11.8 Å². The molecule has 1 N–H and O–H groups in total. The molecule has 156 valence electrons. The van der Waals surface area contributed by atoms with Crippen LogP contribution in [0.2, 0.25) is 0 Å². The van der Waals surface area contributed by atoms with Crippen LogP contribution in [0.1, 0.15) is 26.3 Å². The topological polar surface area (TPSA) is 88.2 Å². The van der Waals surface area contributed by atoms with Gasteiger partial charge < -0.3 is 19.7 Å². The summed E-state index contributed by atoms with van der Waals surface area (Å²) in [6, 6.07) is 6.95. The number of anilines is 1. The van der Waals surface area contributed by atoms with Crippen LogP contribution >= 0.6 is 0 Å². The zero-order valence-corrected chi connectivity index (χ0v) is 17.2. The Kier molecular flexibility index (Phi) is 6.34. The van der Waals surface area contributed by atoms with Gasteiger partial charge in [0.05, 0.1) is 30.9 Å². The molecule has 3 amide bonds. The Balaban J connectivity index is 2.01. The number of nitrogens with zero attached hydrogens (tertiary/aromatic N) is 2. The Morgan fingerprint density at radius 3 is 2.31 bits per heavy atom. The van der Waals surface area contributed by atoms with E-state index in [1.165, 1.54) is 18.9 Å². The van der Waals surface area contributed by atoms with E-state index in [1.54, 1.807) is 24.3 Å². The van der Waals surface area contributed by atoms with Gasteiger partial charge in [-0.1, -0.05) is 12.1 Å². The zero-order valence-electron chi connectivity index (χ0n) is 17.2. The smallest absolute Gasteiger partial charge is 0.277 e. The van der Waals surface area contributed by atoms with Crippen molar-refractivity contribution in [1.29, 1.82) is 0 Å². The van der Waals surface area contributed by atoms with Crippen molar-refractivity contribution >= 4 is 29.0 Å². The number of nitrogens with one attached hydrogen (secondary N) is 1. The Morgan fingerprint density at radius 1 is 1.14 bits per heavy atom. The third-order valence-electron chi connectivity index (χ3n) is 4.89. The molecule has 2 aliphatic heterocycles. The summed E-state index contributed by atoms with van der Waals surface area (Å²) in [6.45, 7) is 6.87. The second-order valence-electron chi connectivity index (χ2n) is 7.40. The second-order valence-corrected chi connectivity index (χ2v) is 7.40. The van der Waals surface area contributed by atoms with Crippen molar-refractivity contribution in [3.05, 3.63) is 35.5 Å². The Bertz CT molecular complexity index is 823. The molecule has 29 heavy (non-hydrogen) atoms. The minimum Gasteiger partial charge on any atom is -0.383 e. The zero-order chi connectivity index (χ0) is 21.1. The number of morpholine rings is 1. The predicted octanol–water partition coefficient (Wildman–Crippen LogP) is 1.48. The lowest BCUT2D eigenvalue weighted by atomic mass is 10.0. The number of hydrogen-bond donors (Lipinski definition) is 1. The van der Waals surface area contributed by atoms with Crippen LogP contribution in [0, 0.1) is 0 Å². The van der Waals surface area contributed by atoms with Crippen LogP contribution in [0.4, 0.5) is 5.69 Å². The number of carbonyl (C=O) groups excluding carboxylic acids is 3. The summed E-state index contributed by atoms with van der Waals surface area (Å²) in [5.41, 5.74) is 2.05. The number of ether oxygens (including phenoxy) is 2. The van der Waals surface area contributed by atoms with Gasteiger partial charge in [-0.2, -0.15) is 0 Å². The highest BCUT2D eigenvalue weighted by atomic mass is 16.5. The Labute approximate surface area is 170 Å². The molecule has 8 nitrogen and oxygen atoms in total. The quantitative estimate of drug-likeness (QED) is 0.727. The summed E-state index contributed by atoms with van der Waals surface area (Å²) >= 11 is 0. The molecule has 2 atom stereocenters. The van der Waals surface area contributed by atoms with E-state index in [4.69, 9.17) is 9.47 Å². The van der Waals surface area contributed by atoms with E-state index in [-0.39, 0.29) is 43.1 Å². The molecule has 0 radical (unpaired) electrons. The van der Waals surface area contributed by atoms with Gasteiger partial charge in [-0.15, -0.1) is 0 Å². The molecule has 2 aliphatic rings. The average Bonchev–Trinajstić information content (AvgIpc) is 2.89. The molecular weight excluding hydrogens is 374 g/mol. The van der Waals surface area contributed by atoms with Crippen LogP contribution in [-0.4, -0.2) is 73.1 Å². The molecule has 1 aromatic carbocycles. The first-order valence-corrected chi connectivity index (χ1v) is 9.69. The molecule has 0 bridgehead atoms. The molecule has 0 spiro atoms. The lowest BCUT2D eigenvalue weighted by Crippen LogP contribution is -2.47. The summed E-state index contributed by atoms with van der Waals surface area (Å²) < 4.78 is 10.9. The van der Waals surface area contributed by atoms with Gasteiger partial charge in [-0.3, -0.25) is 19.3 Å². The van der Waals surface area contributed by atoms with E-state index in [0.29, 0.717) is 35.6 Å². The third kappa shape index (κ3) is 4.49. The van der Waals surface area contributed by atoms with Gasteiger partial charge in [-0.25, -0.2) is 0 Å². The summed E-state index contributed by atoms with van der Waals surface area (Å²) in [6.07, 6.45) is -0.101. The molecule has 0 aromatic heterocycles. The molecule has 1 saturated heterocycles. The lowest BCUT2D eigenvalue weighted by molar-refractivity contribution is -0.139. The summed E-state index contributed by atoms with van der Waals surface area (Å²) in [4.78, 5) is 40.8. The summed E-state index contributed by atoms with van der Waals surface area (Å²) in [5, 5.41) is 2.70. The van der Waals surface area contributed by atoms with Crippen LogP contribution in [0.5, 0.6) is 0 Å². The second kappa shape index (κ2) is 8.75. The van der Waals surface area contributed by atoms with Crippen molar-refractivity contribution in [3.8, 4) is 0 Å². The number of hydrogen-bond acceptors (Lipinski definition) is 6. The van der Waals surface area contributed by atoms with E-state index in [9.17, 15) is 14.4 Å². The van der Waals surface area contributed by atoms with Crippen LogP contribution in [0.25, 0.3) is 5.57 Å². The highest BCUT2D eigenvalue weighted by Crippen LogP contribution is 2.33. The van der Waals surface area contributed by atoms with Crippen molar-refractivity contribution in [2.75, 3.05) is 38.7 Å². The van der Waals surface area contributed by atoms with Gasteiger partial charge in [0.1, 0.15) is 5.70 Å². The Morgan fingerprint density at radius 2 is 1.76 bits per heavy atom. The maximum atomic E-state index is 13.2. The predicted molar refractivity (Wildman–Crippen MR) is 108 cm³/mol. The molecule has 2 unspecified atom stereocenters. The van der Waals surface area contributed by atoms with Gasteiger partial charge >= 0.3 is 0 Å². The van der Waals surface area contributed by atoms with Crippen molar-refractivity contribution in [1.82, 2.24) is 9.80 Å². The fourth-order valence-corrected chi connectivity index (χ4v) is 3.79. The van der Waals surface area contributed by atoms with E-state index >= 15 is 0 Å². The minimum absolute atomic E-state index is 0.0504. The molecular formula is C21H27N3O5. The van der Waals surface area contributed by atoms with Crippen molar-refractivity contribution < 1.29 is 23.9 Å². The number of amides is 3. The van der Waals surface area contributed by atoms with E-state index in [2.05, 4.69) is 5.32 Å². The normalized spacial score (nSPS) is 22.5. The first-order valence-electron chi connectivity index (χ1n) is 9.69. The number of rotatable bonds is 6. The first-order chi connectivity index (χ1) is 13.8. The van der Waals surface area contributed by atoms with Crippen LogP contribution < -0.4 is 5.32 Å². The van der Waals surface area contributed by atoms with Gasteiger partial charge in [0, 0.05) is 32.8 Å². The lowest BCUT2D eigenvalue weighted by Gasteiger charge is -2.37. The molecule has 2 heterocycles. The van der Waals surface area contributed by atoms with E-state index < -0.39 is 0 Å². The minimum atomic E-state index is -0.332. The third-order valence-corrected chi connectivity index (χ3v) is 4.89. The number of imide groups is 1. The SMILES string of the molecule is COCCN1C(=O)C(c2ccc(NC(C)=O)cc2)=C(N2CC(C)OC(C)C2)C1=O. The van der Waals surface area contributed by atoms with Crippen molar-refractivity contribution in [2.45, 2.75) is 33.0 Å². The van der Waals surface area contributed by atoms with Crippen LogP contribution in [-0.2, 0) is 23.9 Å². The van der Waals surface area contributed by atoms with Gasteiger partial charge in [-0.05, 0) is 31.5 Å². The fraction of sp³-hybridized carbons (Fsp3) is 0.476. The molecule has 0 aliphatic carbocycles. The number of benzene rings is 1. The fourth-order valence-electron chi connectivity index (χ4n) is 3.79. The maximum absolute atomic E-state index is 13.2. The van der Waals surface area contributed by atoms with Crippen molar-refractivity contribution in [3.63, 3.8) is 0 Å². The van der Waals surface area contributed by atoms with E-state index in [1.807, 2.05) is 18.7 Å².